The Hall–Kier alpha value is -1.03. The third-order valence-electron chi connectivity index (χ3n) is 1.69. The molecule has 0 saturated carbocycles. The van der Waals surface area contributed by atoms with E-state index < -0.39 is 27.2 Å². The van der Waals surface area contributed by atoms with Crippen LogP contribution in [0.1, 0.15) is 0 Å². The molecule has 1 aromatic rings. The second-order valence-corrected chi connectivity index (χ2v) is 5.29. The predicted molar refractivity (Wildman–Crippen MR) is 56.3 cm³/mol. The monoisotopic (exact) mass is 352 g/mol. The Kier molecular flexibility index (Phi) is 4.11. The van der Waals surface area contributed by atoms with E-state index in [0.29, 0.717) is 6.07 Å². The van der Waals surface area contributed by atoms with Gasteiger partial charge in [-0.15, -0.1) is 0 Å². The quantitative estimate of drug-likeness (QED) is 0.477. The first kappa shape index (κ1) is 15.0. The van der Waals surface area contributed by atoms with Gasteiger partial charge in [-0.25, -0.2) is 4.39 Å². The van der Waals surface area contributed by atoms with Crippen LogP contribution in [-0.2, 0) is 10.1 Å². The third kappa shape index (κ3) is 3.05. The molecule has 0 saturated heterocycles. The Morgan fingerprint density at radius 1 is 1.22 bits per heavy atom. The van der Waals surface area contributed by atoms with Gasteiger partial charge in [0.2, 0.25) is 0 Å². The van der Waals surface area contributed by atoms with Gasteiger partial charge in [0.25, 0.3) is 0 Å². The SMILES string of the molecule is COc1cc(Br)c(F)cc1OS(=O)(=O)C(F)(F)F. The molecule has 0 aliphatic carbocycles. The number of hydrogen-bond donors (Lipinski definition) is 0. The Morgan fingerprint density at radius 2 is 1.78 bits per heavy atom. The van der Waals surface area contributed by atoms with Crippen LogP contribution in [0.2, 0.25) is 0 Å². The highest BCUT2D eigenvalue weighted by Gasteiger charge is 2.49. The Balaban J connectivity index is 3.24. The van der Waals surface area contributed by atoms with Gasteiger partial charge in [-0.05, 0) is 15.9 Å². The van der Waals surface area contributed by atoms with Gasteiger partial charge in [-0.3, -0.25) is 0 Å². The number of halogens is 5. The average Bonchev–Trinajstić information content (AvgIpc) is 2.21. The molecule has 0 amide bonds. The van der Waals surface area contributed by atoms with Crippen molar-refractivity contribution in [1.82, 2.24) is 0 Å². The molecule has 0 spiro atoms. The molecule has 10 heteroatoms. The molecule has 1 aromatic carbocycles. The smallest absolute Gasteiger partial charge is 0.493 e. The van der Waals surface area contributed by atoms with Gasteiger partial charge in [0, 0.05) is 12.1 Å². The van der Waals surface area contributed by atoms with E-state index in [-0.39, 0.29) is 10.2 Å². The number of rotatable bonds is 3. The summed E-state index contributed by atoms with van der Waals surface area (Å²) >= 11 is 2.76. The van der Waals surface area contributed by atoms with E-state index in [4.69, 9.17) is 0 Å². The van der Waals surface area contributed by atoms with Crippen LogP contribution < -0.4 is 8.92 Å². The molecule has 0 radical (unpaired) electrons. The lowest BCUT2D eigenvalue weighted by Crippen LogP contribution is -2.28. The molecule has 0 bridgehead atoms. The van der Waals surface area contributed by atoms with E-state index >= 15 is 0 Å². The lowest BCUT2D eigenvalue weighted by molar-refractivity contribution is -0.0500. The van der Waals surface area contributed by atoms with E-state index in [0.717, 1.165) is 13.2 Å². The second kappa shape index (κ2) is 4.92. The largest absolute Gasteiger partial charge is 0.534 e. The van der Waals surface area contributed by atoms with Gasteiger partial charge >= 0.3 is 15.6 Å². The maximum atomic E-state index is 13.1. The highest BCUT2D eigenvalue weighted by Crippen LogP contribution is 2.36. The molecule has 102 valence electrons. The van der Waals surface area contributed by atoms with E-state index in [9.17, 15) is 26.0 Å². The fourth-order valence-electron chi connectivity index (χ4n) is 0.900. The fourth-order valence-corrected chi connectivity index (χ4v) is 1.68. The maximum absolute atomic E-state index is 13.1. The minimum atomic E-state index is -5.87. The van der Waals surface area contributed by atoms with Crippen molar-refractivity contribution in [3.63, 3.8) is 0 Å². The van der Waals surface area contributed by atoms with Crippen LogP contribution in [0.4, 0.5) is 17.6 Å². The fraction of sp³-hybridized carbons (Fsp3) is 0.250. The molecule has 1 rings (SSSR count). The topological polar surface area (TPSA) is 52.6 Å². The summed E-state index contributed by atoms with van der Waals surface area (Å²) < 4.78 is 79.1. The lowest BCUT2D eigenvalue weighted by atomic mass is 10.3. The van der Waals surface area contributed by atoms with Crippen LogP contribution in [-0.4, -0.2) is 21.0 Å². The highest BCUT2D eigenvalue weighted by molar-refractivity contribution is 9.10. The van der Waals surface area contributed by atoms with E-state index in [1.807, 2.05) is 0 Å². The van der Waals surface area contributed by atoms with Crippen molar-refractivity contribution in [2.75, 3.05) is 7.11 Å². The number of alkyl halides is 3. The average molecular weight is 353 g/mol. The summed E-state index contributed by atoms with van der Waals surface area (Å²) in [6, 6.07) is 1.41. The molecule has 0 atom stereocenters. The molecule has 0 aliphatic heterocycles. The molecule has 0 fully saturated rings. The van der Waals surface area contributed by atoms with Crippen molar-refractivity contribution in [2.45, 2.75) is 5.51 Å². The molecular formula is C8H5BrF4O4S. The standard InChI is InChI=1S/C8H5BrF4O4S/c1-16-6-2-4(9)5(10)3-7(6)17-18(14,15)8(11,12)13/h2-3H,1H3. The van der Waals surface area contributed by atoms with Gasteiger partial charge in [-0.1, -0.05) is 0 Å². The molecular weight excluding hydrogens is 348 g/mol. The van der Waals surface area contributed by atoms with Gasteiger partial charge in [0.05, 0.1) is 11.6 Å². The third-order valence-corrected chi connectivity index (χ3v) is 3.26. The van der Waals surface area contributed by atoms with Crippen molar-refractivity contribution in [2.24, 2.45) is 0 Å². The first-order valence-corrected chi connectivity index (χ1v) is 6.32. The van der Waals surface area contributed by atoms with E-state index in [1.165, 1.54) is 0 Å². The summed E-state index contributed by atoms with van der Waals surface area (Å²) in [4.78, 5) is 0. The van der Waals surface area contributed by atoms with Crippen molar-refractivity contribution in [3.8, 4) is 11.5 Å². The van der Waals surface area contributed by atoms with Gasteiger partial charge in [0.15, 0.2) is 11.5 Å². The predicted octanol–water partition coefficient (Wildman–Crippen LogP) is 2.83. The number of ether oxygens (including phenoxy) is 1. The molecule has 0 N–H and O–H groups in total. The number of benzene rings is 1. The first-order valence-electron chi connectivity index (χ1n) is 4.12. The molecule has 0 unspecified atom stereocenters. The van der Waals surface area contributed by atoms with Crippen LogP contribution in [0.3, 0.4) is 0 Å². The van der Waals surface area contributed by atoms with E-state index in [2.05, 4.69) is 24.8 Å². The molecule has 0 aliphatic rings. The molecule has 0 heterocycles. The zero-order valence-electron chi connectivity index (χ0n) is 8.59. The van der Waals surface area contributed by atoms with Crippen LogP contribution in [0.15, 0.2) is 16.6 Å². The minimum Gasteiger partial charge on any atom is -0.493 e. The van der Waals surface area contributed by atoms with Gasteiger partial charge in [-0.2, -0.15) is 21.6 Å². The van der Waals surface area contributed by atoms with Crippen LogP contribution in [0.5, 0.6) is 11.5 Å². The lowest BCUT2D eigenvalue weighted by Gasteiger charge is -2.12. The summed E-state index contributed by atoms with van der Waals surface area (Å²) in [6.45, 7) is 0. The van der Waals surface area contributed by atoms with Crippen LogP contribution in [0.25, 0.3) is 0 Å². The summed E-state index contributed by atoms with van der Waals surface area (Å²) in [5.41, 5.74) is -5.61. The van der Waals surface area contributed by atoms with E-state index in [1.54, 1.807) is 0 Å². The minimum absolute atomic E-state index is 0.115. The number of hydrogen-bond acceptors (Lipinski definition) is 4. The Bertz CT molecular complexity index is 555. The molecule has 0 aromatic heterocycles. The second-order valence-electron chi connectivity index (χ2n) is 2.90. The summed E-state index contributed by atoms with van der Waals surface area (Å²) in [5, 5.41) is 0. The molecule has 18 heavy (non-hydrogen) atoms. The normalized spacial score (nSPS) is 12.3. The van der Waals surface area contributed by atoms with Gasteiger partial charge < -0.3 is 8.92 Å². The van der Waals surface area contributed by atoms with Crippen LogP contribution in [0, 0.1) is 5.82 Å². The highest BCUT2D eigenvalue weighted by atomic mass is 79.9. The number of methoxy groups -OCH3 is 1. The Labute approximate surface area is 108 Å². The maximum Gasteiger partial charge on any atom is 0.534 e. The van der Waals surface area contributed by atoms with Crippen molar-refractivity contribution < 1.29 is 34.9 Å². The zero-order chi connectivity index (χ0) is 14.1. The van der Waals surface area contributed by atoms with Crippen molar-refractivity contribution >= 4 is 26.0 Å². The first-order chi connectivity index (χ1) is 8.08. The zero-order valence-corrected chi connectivity index (χ0v) is 11.0. The molecule has 4 nitrogen and oxygen atoms in total. The van der Waals surface area contributed by atoms with Crippen molar-refractivity contribution in [3.05, 3.63) is 22.4 Å². The Morgan fingerprint density at radius 3 is 2.22 bits per heavy atom. The summed E-state index contributed by atoms with van der Waals surface area (Å²) in [5.74, 6) is -2.25. The van der Waals surface area contributed by atoms with Crippen LogP contribution >= 0.6 is 15.9 Å². The summed E-state index contributed by atoms with van der Waals surface area (Å²) in [7, 11) is -4.81. The van der Waals surface area contributed by atoms with Gasteiger partial charge in [0.1, 0.15) is 5.82 Å². The summed E-state index contributed by atoms with van der Waals surface area (Å²) in [6.07, 6.45) is 0. The van der Waals surface area contributed by atoms with Crippen molar-refractivity contribution in [1.29, 1.82) is 0 Å².